The van der Waals surface area contributed by atoms with E-state index in [1.807, 2.05) is 20.8 Å². The average Bonchev–Trinajstić information content (AvgIpc) is 2.63. The van der Waals surface area contributed by atoms with Crippen molar-refractivity contribution in [3.63, 3.8) is 0 Å². The zero-order chi connectivity index (χ0) is 20.8. The fourth-order valence-corrected chi connectivity index (χ4v) is 2.97. The van der Waals surface area contributed by atoms with Crippen molar-refractivity contribution in [1.82, 2.24) is 10.6 Å². The molecule has 1 unspecified atom stereocenters. The Morgan fingerprint density at radius 2 is 2.04 bits per heavy atom. The summed E-state index contributed by atoms with van der Waals surface area (Å²) in [6, 6.07) is -0.390. The molecule has 0 amide bonds. The first-order valence-electron chi connectivity index (χ1n) is 10.5. The van der Waals surface area contributed by atoms with Crippen LogP contribution in [0.4, 0.5) is 0 Å². The summed E-state index contributed by atoms with van der Waals surface area (Å²) in [6.07, 6.45) is 14.7. The number of aldehydes is 1. The third kappa shape index (κ3) is 12.5. The number of unbranched alkanes of at least 4 members (excludes halogenated alkanes) is 2. The molecule has 0 aromatic rings. The lowest BCUT2D eigenvalue weighted by molar-refractivity contribution is -0.155. The minimum atomic E-state index is -0.496. The Bertz CT molecular complexity index is 559. The van der Waals surface area contributed by atoms with Crippen molar-refractivity contribution >= 4 is 12.3 Å². The molecule has 5 nitrogen and oxygen atoms in total. The van der Waals surface area contributed by atoms with Crippen LogP contribution in [0.5, 0.6) is 0 Å². The topological polar surface area (TPSA) is 67.4 Å². The highest BCUT2D eigenvalue weighted by Crippen LogP contribution is 2.11. The van der Waals surface area contributed by atoms with Gasteiger partial charge in [-0.2, -0.15) is 0 Å². The zero-order valence-electron chi connectivity index (χ0n) is 17.9. The second kappa shape index (κ2) is 13.3. The highest BCUT2D eigenvalue weighted by atomic mass is 16.6. The Balaban J connectivity index is 2.07. The van der Waals surface area contributed by atoms with Gasteiger partial charge in [-0.05, 0) is 71.4 Å². The monoisotopic (exact) mass is 390 g/mol. The molecule has 0 aromatic carbocycles. The maximum Gasteiger partial charge on any atom is 0.306 e. The van der Waals surface area contributed by atoms with Crippen molar-refractivity contribution in [2.75, 3.05) is 13.1 Å². The molecule has 28 heavy (non-hydrogen) atoms. The SMILES string of the molecule is C=C(CCCCCNCC1=CCCC=C1)NC(C=O)CCC(=O)OC(C)(C)C. The number of ether oxygens (including phenoxy) is 1. The molecular weight excluding hydrogens is 352 g/mol. The Kier molecular flexibility index (Phi) is 11.5. The summed E-state index contributed by atoms with van der Waals surface area (Å²) < 4.78 is 5.27. The number of esters is 1. The average molecular weight is 391 g/mol. The predicted molar refractivity (Wildman–Crippen MR) is 115 cm³/mol. The lowest BCUT2D eigenvalue weighted by Crippen LogP contribution is -2.31. The third-order valence-electron chi connectivity index (χ3n) is 4.37. The van der Waals surface area contributed by atoms with Gasteiger partial charge in [-0.3, -0.25) is 4.79 Å². The number of nitrogens with one attached hydrogen (secondary N) is 2. The second-order valence-corrected chi connectivity index (χ2v) is 8.36. The van der Waals surface area contributed by atoms with Crippen LogP contribution in [0.3, 0.4) is 0 Å². The number of hydrogen-bond acceptors (Lipinski definition) is 5. The van der Waals surface area contributed by atoms with Crippen molar-refractivity contribution < 1.29 is 14.3 Å². The van der Waals surface area contributed by atoms with Crippen LogP contribution in [0.25, 0.3) is 0 Å². The van der Waals surface area contributed by atoms with Gasteiger partial charge in [-0.15, -0.1) is 0 Å². The lowest BCUT2D eigenvalue weighted by Gasteiger charge is -2.20. The molecule has 1 aliphatic rings. The molecule has 158 valence electrons. The quantitative estimate of drug-likeness (QED) is 0.264. The smallest absolute Gasteiger partial charge is 0.306 e. The first-order valence-corrected chi connectivity index (χ1v) is 10.5. The standard InChI is InChI=1S/C23H38N2O3/c1-19(25-21(18-26)14-15-22(27)28-23(2,3)4)11-7-6-10-16-24-17-20-12-8-5-9-13-20/h8,12-13,18,21,24-25H,1,5-7,9-11,14-17H2,2-4H3. The van der Waals surface area contributed by atoms with E-state index in [4.69, 9.17) is 4.74 Å². The summed E-state index contributed by atoms with van der Waals surface area (Å²) >= 11 is 0. The van der Waals surface area contributed by atoms with E-state index in [9.17, 15) is 9.59 Å². The molecule has 0 aromatic heterocycles. The van der Waals surface area contributed by atoms with E-state index in [-0.39, 0.29) is 12.4 Å². The van der Waals surface area contributed by atoms with Crippen molar-refractivity contribution in [2.45, 2.75) is 83.8 Å². The van der Waals surface area contributed by atoms with E-state index in [2.05, 4.69) is 35.4 Å². The first-order chi connectivity index (χ1) is 13.3. The van der Waals surface area contributed by atoms with Gasteiger partial charge in [0.1, 0.15) is 11.9 Å². The van der Waals surface area contributed by atoms with Crippen molar-refractivity contribution in [3.8, 4) is 0 Å². The summed E-state index contributed by atoms with van der Waals surface area (Å²) in [5, 5.41) is 6.61. The summed E-state index contributed by atoms with van der Waals surface area (Å²) in [7, 11) is 0. The number of hydrogen-bond donors (Lipinski definition) is 2. The first kappa shape index (κ1) is 24.2. The Morgan fingerprint density at radius 3 is 2.68 bits per heavy atom. The summed E-state index contributed by atoms with van der Waals surface area (Å²) in [4.78, 5) is 23.0. The van der Waals surface area contributed by atoms with Gasteiger partial charge in [0, 0.05) is 18.7 Å². The molecule has 1 aliphatic carbocycles. The van der Waals surface area contributed by atoms with Crippen LogP contribution in [-0.4, -0.2) is 37.0 Å². The maximum absolute atomic E-state index is 11.8. The Hall–Kier alpha value is -1.88. The fraction of sp³-hybridized carbons (Fsp3) is 0.652. The number of carbonyl (C=O) groups excluding carboxylic acids is 2. The largest absolute Gasteiger partial charge is 0.460 e. The van der Waals surface area contributed by atoms with Crippen LogP contribution in [0.1, 0.15) is 72.1 Å². The normalized spacial score (nSPS) is 14.9. The van der Waals surface area contributed by atoms with Gasteiger partial charge in [0.05, 0.1) is 6.04 Å². The molecule has 0 radical (unpaired) electrons. The van der Waals surface area contributed by atoms with E-state index in [1.165, 1.54) is 5.57 Å². The summed E-state index contributed by atoms with van der Waals surface area (Å²) in [5.74, 6) is -0.279. The Labute approximate surface area is 170 Å². The third-order valence-corrected chi connectivity index (χ3v) is 4.37. The van der Waals surface area contributed by atoms with E-state index in [0.29, 0.717) is 6.42 Å². The van der Waals surface area contributed by atoms with Crippen LogP contribution in [0.15, 0.2) is 36.1 Å². The minimum absolute atomic E-state index is 0.220. The van der Waals surface area contributed by atoms with Crippen LogP contribution < -0.4 is 10.6 Å². The van der Waals surface area contributed by atoms with Crippen LogP contribution in [-0.2, 0) is 14.3 Å². The molecule has 0 heterocycles. The molecule has 0 bridgehead atoms. The molecular formula is C23H38N2O3. The van der Waals surface area contributed by atoms with Crippen molar-refractivity contribution in [1.29, 1.82) is 0 Å². The van der Waals surface area contributed by atoms with Gasteiger partial charge in [0.25, 0.3) is 0 Å². The molecule has 0 saturated carbocycles. The van der Waals surface area contributed by atoms with Gasteiger partial charge in [-0.1, -0.05) is 31.2 Å². The molecule has 1 rings (SSSR count). The molecule has 0 aliphatic heterocycles. The maximum atomic E-state index is 11.8. The van der Waals surface area contributed by atoms with Gasteiger partial charge < -0.3 is 20.2 Å². The number of allylic oxidation sites excluding steroid dienone is 3. The Morgan fingerprint density at radius 1 is 1.25 bits per heavy atom. The predicted octanol–water partition coefficient (Wildman–Crippen LogP) is 4.21. The van der Waals surface area contributed by atoms with Crippen LogP contribution >= 0.6 is 0 Å². The molecule has 1 atom stereocenters. The van der Waals surface area contributed by atoms with Crippen LogP contribution in [0, 0.1) is 0 Å². The minimum Gasteiger partial charge on any atom is -0.460 e. The van der Waals surface area contributed by atoms with E-state index >= 15 is 0 Å². The summed E-state index contributed by atoms with van der Waals surface area (Å²) in [6.45, 7) is 11.5. The molecule has 0 spiro atoms. The molecule has 0 fully saturated rings. The fourth-order valence-electron chi connectivity index (χ4n) is 2.97. The van der Waals surface area contributed by atoms with Crippen LogP contribution in [0.2, 0.25) is 0 Å². The lowest BCUT2D eigenvalue weighted by atomic mass is 10.1. The summed E-state index contributed by atoms with van der Waals surface area (Å²) in [5.41, 5.74) is 1.74. The molecule has 5 heteroatoms. The van der Waals surface area contributed by atoms with Gasteiger partial charge in [-0.25, -0.2) is 0 Å². The zero-order valence-corrected chi connectivity index (χ0v) is 17.9. The van der Waals surface area contributed by atoms with Crippen molar-refractivity contribution in [3.05, 3.63) is 36.1 Å². The van der Waals surface area contributed by atoms with Gasteiger partial charge in [0.15, 0.2) is 0 Å². The van der Waals surface area contributed by atoms with E-state index < -0.39 is 11.6 Å². The van der Waals surface area contributed by atoms with Gasteiger partial charge in [0.2, 0.25) is 0 Å². The number of carbonyl (C=O) groups is 2. The van der Waals surface area contributed by atoms with Gasteiger partial charge >= 0.3 is 5.97 Å². The highest BCUT2D eigenvalue weighted by molar-refractivity contribution is 5.71. The second-order valence-electron chi connectivity index (χ2n) is 8.36. The van der Waals surface area contributed by atoms with E-state index in [1.54, 1.807) is 0 Å². The van der Waals surface area contributed by atoms with Crippen molar-refractivity contribution in [2.24, 2.45) is 0 Å². The molecule has 2 N–H and O–H groups in total. The molecule has 0 saturated heterocycles. The number of rotatable bonds is 14. The highest BCUT2D eigenvalue weighted by Gasteiger charge is 2.18. The van der Waals surface area contributed by atoms with E-state index in [0.717, 1.165) is 63.6 Å².